The van der Waals surface area contributed by atoms with Gasteiger partial charge in [-0.05, 0) is 37.0 Å². The van der Waals surface area contributed by atoms with E-state index in [1.54, 1.807) is 0 Å². The Balaban J connectivity index is 1.17. The molecule has 4 atom stereocenters. The van der Waals surface area contributed by atoms with Crippen molar-refractivity contribution in [2.75, 3.05) is 5.75 Å². The molecule has 0 unspecified atom stereocenters. The summed E-state index contributed by atoms with van der Waals surface area (Å²) in [4.78, 5) is 32.5. The van der Waals surface area contributed by atoms with Crippen LogP contribution in [0.2, 0.25) is 0 Å². The first-order chi connectivity index (χ1) is 16.2. The minimum Gasteiger partial charge on any atom is -0.346 e. The molecule has 2 saturated heterocycles. The molecule has 0 radical (unpaired) electrons. The molecule has 3 heterocycles. The van der Waals surface area contributed by atoms with E-state index in [1.807, 2.05) is 54.2 Å². The molecule has 3 amide bonds. The van der Waals surface area contributed by atoms with Crippen molar-refractivity contribution in [3.05, 3.63) is 66.0 Å². The van der Waals surface area contributed by atoms with Crippen LogP contribution in [0.4, 0.5) is 4.79 Å². The lowest BCUT2D eigenvalue weighted by Gasteiger charge is -2.18. The number of imidazole rings is 1. The number of amides is 3. The molecular formula is C25H29N5O2S. The van der Waals surface area contributed by atoms with Crippen molar-refractivity contribution >= 4 is 34.7 Å². The fourth-order valence-corrected chi connectivity index (χ4v) is 6.29. The number of hydrogen-bond donors (Lipinski definition) is 4. The summed E-state index contributed by atoms with van der Waals surface area (Å²) >= 11 is 1.92. The van der Waals surface area contributed by atoms with Gasteiger partial charge in [-0.1, -0.05) is 48.9 Å². The summed E-state index contributed by atoms with van der Waals surface area (Å²) in [5.41, 5.74) is 3.03. The molecule has 0 bridgehead atoms. The van der Waals surface area contributed by atoms with Crippen LogP contribution in [-0.4, -0.2) is 45.0 Å². The van der Waals surface area contributed by atoms with Gasteiger partial charge in [0.25, 0.3) is 0 Å². The van der Waals surface area contributed by atoms with E-state index in [4.69, 9.17) is 4.98 Å². The number of aromatic nitrogens is 2. The maximum absolute atomic E-state index is 12.8. The summed E-state index contributed by atoms with van der Waals surface area (Å²) in [6.07, 6.45) is 3.98. The van der Waals surface area contributed by atoms with Gasteiger partial charge in [-0.2, -0.15) is 11.8 Å². The number of nitrogens with one attached hydrogen (secondary N) is 4. The minimum absolute atomic E-state index is 0.0455. The topological polar surface area (TPSA) is 98.9 Å². The van der Waals surface area contributed by atoms with Gasteiger partial charge in [-0.3, -0.25) is 4.79 Å². The highest BCUT2D eigenvalue weighted by atomic mass is 32.2. The third-order valence-electron chi connectivity index (χ3n) is 6.44. The van der Waals surface area contributed by atoms with E-state index < -0.39 is 0 Å². The Kier molecular flexibility index (Phi) is 6.53. The van der Waals surface area contributed by atoms with Crippen molar-refractivity contribution < 1.29 is 9.59 Å². The summed E-state index contributed by atoms with van der Waals surface area (Å²) in [5.74, 6) is 1.79. The average molecular weight is 464 g/mol. The zero-order valence-electron chi connectivity index (χ0n) is 18.4. The number of nitrogens with zero attached hydrogens (tertiary/aromatic N) is 1. The number of hydrogen-bond acceptors (Lipinski definition) is 4. The van der Waals surface area contributed by atoms with E-state index in [2.05, 4.69) is 33.1 Å². The molecule has 1 aromatic heterocycles. The first-order valence-corrected chi connectivity index (χ1v) is 12.7. The van der Waals surface area contributed by atoms with Crippen LogP contribution in [-0.2, 0) is 11.2 Å². The predicted molar refractivity (Wildman–Crippen MR) is 131 cm³/mol. The van der Waals surface area contributed by atoms with Gasteiger partial charge in [-0.15, -0.1) is 0 Å². The monoisotopic (exact) mass is 463 g/mol. The van der Waals surface area contributed by atoms with Gasteiger partial charge in [-0.25, -0.2) is 9.78 Å². The number of carbonyl (C=O) groups is 2. The van der Waals surface area contributed by atoms with Crippen LogP contribution in [0.3, 0.4) is 0 Å². The van der Waals surface area contributed by atoms with Gasteiger partial charge in [0, 0.05) is 17.4 Å². The Morgan fingerprint density at radius 1 is 1.09 bits per heavy atom. The van der Waals surface area contributed by atoms with Crippen LogP contribution >= 0.6 is 11.8 Å². The van der Waals surface area contributed by atoms with E-state index in [-0.39, 0.29) is 30.1 Å². The van der Waals surface area contributed by atoms with Crippen LogP contribution in [0.1, 0.15) is 43.1 Å². The maximum Gasteiger partial charge on any atom is 0.315 e. The molecule has 2 aliphatic heterocycles. The van der Waals surface area contributed by atoms with E-state index in [0.717, 1.165) is 47.4 Å². The normalized spacial score (nSPS) is 22.5. The van der Waals surface area contributed by atoms with Crippen LogP contribution in [0.5, 0.6) is 0 Å². The largest absolute Gasteiger partial charge is 0.346 e. The van der Waals surface area contributed by atoms with Crippen molar-refractivity contribution in [2.24, 2.45) is 0 Å². The van der Waals surface area contributed by atoms with Crippen molar-refractivity contribution in [1.29, 1.82) is 0 Å². The number of thioether (sulfide) groups is 1. The number of urea groups is 1. The van der Waals surface area contributed by atoms with Crippen LogP contribution in [0.15, 0.2) is 54.6 Å². The third kappa shape index (κ3) is 5.16. The number of H-pyrrole nitrogens is 1. The zero-order chi connectivity index (χ0) is 22.6. The number of carbonyl (C=O) groups excluding carboxylic acids is 2. The van der Waals surface area contributed by atoms with Crippen LogP contribution in [0, 0.1) is 0 Å². The fraction of sp³-hybridized carbons (Fsp3) is 0.400. The molecule has 0 spiro atoms. The smallest absolute Gasteiger partial charge is 0.315 e. The lowest BCUT2D eigenvalue weighted by molar-refractivity contribution is -0.122. The Hall–Kier alpha value is -3.00. The van der Waals surface area contributed by atoms with Crippen molar-refractivity contribution in [3.8, 4) is 0 Å². The van der Waals surface area contributed by atoms with E-state index >= 15 is 0 Å². The third-order valence-corrected chi connectivity index (χ3v) is 7.94. The van der Waals surface area contributed by atoms with Crippen molar-refractivity contribution in [1.82, 2.24) is 25.9 Å². The predicted octanol–water partition coefficient (Wildman–Crippen LogP) is 3.69. The summed E-state index contributed by atoms with van der Waals surface area (Å²) in [6.45, 7) is 0. The first kappa shape index (κ1) is 21.8. The molecule has 0 aliphatic carbocycles. The standard InChI is InChI=1S/C25H29N5O2S/c31-22(13-7-6-12-21-23-20(15-33-21)29-25(32)30-23)26-19(14-16-8-2-1-3-9-16)24-27-17-10-4-5-11-18(17)28-24/h1-5,8-11,19-21,23H,6-7,12-15H2,(H,26,31)(H,27,28)(H2,29,30,32)/t19-,20-,21-,23-/m0/s1. The minimum atomic E-state index is -0.210. The molecular weight excluding hydrogens is 434 g/mol. The van der Waals surface area contributed by atoms with Crippen LogP contribution < -0.4 is 16.0 Å². The highest BCUT2D eigenvalue weighted by molar-refractivity contribution is 8.00. The van der Waals surface area contributed by atoms with Gasteiger partial charge in [0.2, 0.25) is 5.91 Å². The molecule has 7 nitrogen and oxygen atoms in total. The molecule has 4 N–H and O–H groups in total. The van der Waals surface area contributed by atoms with Gasteiger partial charge >= 0.3 is 6.03 Å². The van der Waals surface area contributed by atoms with Gasteiger partial charge in [0.1, 0.15) is 5.82 Å². The molecule has 3 aromatic rings. The van der Waals surface area contributed by atoms with Crippen molar-refractivity contribution in [2.45, 2.75) is 55.5 Å². The lowest BCUT2D eigenvalue weighted by atomic mass is 10.0. The zero-order valence-corrected chi connectivity index (χ0v) is 19.2. The second-order valence-corrected chi connectivity index (χ2v) is 10.1. The fourth-order valence-electron chi connectivity index (χ4n) is 4.74. The summed E-state index contributed by atoms with van der Waals surface area (Å²) in [6, 6.07) is 18.3. The number of fused-ring (bicyclic) bond motifs is 2. The van der Waals surface area contributed by atoms with E-state index in [1.165, 1.54) is 0 Å². The first-order valence-electron chi connectivity index (χ1n) is 11.6. The molecule has 2 fully saturated rings. The number of unbranched alkanes of at least 4 members (excludes halogenated alkanes) is 1. The average Bonchev–Trinajstić information content (AvgIpc) is 3.51. The molecule has 0 saturated carbocycles. The molecule has 2 aromatic carbocycles. The Labute approximate surface area is 197 Å². The van der Waals surface area contributed by atoms with Gasteiger partial charge in [0.05, 0.1) is 29.2 Å². The second-order valence-electron chi connectivity index (χ2n) is 8.82. The number of rotatable bonds is 9. The van der Waals surface area contributed by atoms with Gasteiger partial charge in [0.15, 0.2) is 0 Å². The Morgan fingerprint density at radius 2 is 1.91 bits per heavy atom. The van der Waals surface area contributed by atoms with E-state index in [9.17, 15) is 9.59 Å². The van der Waals surface area contributed by atoms with Gasteiger partial charge < -0.3 is 20.9 Å². The Morgan fingerprint density at radius 3 is 2.76 bits per heavy atom. The van der Waals surface area contributed by atoms with Crippen LogP contribution in [0.25, 0.3) is 11.0 Å². The second kappa shape index (κ2) is 9.87. The number of benzene rings is 2. The molecule has 172 valence electrons. The highest BCUT2D eigenvalue weighted by Crippen LogP contribution is 2.33. The molecule has 2 aliphatic rings. The summed E-state index contributed by atoms with van der Waals surface area (Å²) in [5, 5.41) is 9.65. The number of para-hydroxylation sites is 2. The van der Waals surface area contributed by atoms with E-state index in [0.29, 0.717) is 18.1 Å². The molecule has 5 rings (SSSR count). The number of aromatic amines is 1. The lowest BCUT2D eigenvalue weighted by Crippen LogP contribution is -2.36. The van der Waals surface area contributed by atoms with Crippen molar-refractivity contribution in [3.63, 3.8) is 0 Å². The maximum atomic E-state index is 12.8. The SMILES string of the molecule is O=C(CCCC[C@@H]1SC[C@@H]2NC(=O)N[C@@H]21)N[C@@H](Cc1ccccc1)c1nc2ccccc2[nH]1. The molecule has 33 heavy (non-hydrogen) atoms. The summed E-state index contributed by atoms with van der Waals surface area (Å²) < 4.78 is 0. The molecule has 8 heteroatoms. The summed E-state index contributed by atoms with van der Waals surface area (Å²) in [7, 11) is 0. The Bertz CT molecular complexity index is 1090. The highest BCUT2D eigenvalue weighted by Gasteiger charge is 2.42. The quantitative estimate of drug-likeness (QED) is 0.287.